The van der Waals surface area contributed by atoms with E-state index in [1.165, 1.54) is 11.8 Å². The summed E-state index contributed by atoms with van der Waals surface area (Å²) in [7, 11) is 0. The van der Waals surface area contributed by atoms with Crippen LogP contribution in [0.3, 0.4) is 0 Å². The molecule has 3 aromatic rings. The topological polar surface area (TPSA) is 66.9 Å². The average molecular weight is 318 g/mol. The van der Waals surface area contributed by atoms with Crippen molar-refractivity contribution in [2.75, 3.05) is 10.6 Å². The van der Waals surface area contributed by atoms with Gasteiger partial charge in [0.15, 0.2) is 0 Å². The van der Waals surface area contributed by atoms with Crippen LogP contribution in [0.5, 0.6) is 0 Å². The highest BCUT2D eigenvalue weighted by Crippen LogP contribution is 2.21. The van der Waals surface area contributed by atoms with Crippen LogP contribution in [0.1, 0.15) is 21.5 Å². The maximum Gasteiger partial charge on any atom is 0.257 e. The number of carbonyl (C=O) groups excluding carboxylic acids is 1. The Balaban J connectivity index is 1.68. The van der Waals surface area contributed by atoms with E-state index in [9.17, 15) is 4.79 Å². The van der Waals surface area contributed by atoms with E-state index in [1.807, 2.05) is 18.2 Å². The third-order valence-corrected chi connectivity index (χ3v) is 3.59. The van der Waals surface area contributed by atoms with Crippen LogP contribution >= 0.6 is 0 Å². The van der Waals surface area contributed by atoms with Crippen LogP contribution in [0, 0.1) is 13.8 Å². The summed E-state index contributed by atoms with van der Waals surface area (Å²) in [5.41, 5.74) is 4.54. The molecule has 0 aliphatic carbocycles. The normalized spacial score (nSPS) is 10.2. The Kier molecular flexibility index (Phi) is 4.52. The van der Waals surface area contributed by atoms with E-state index in [-0.39, 0.29) is 5.91 Å². The smallest absolute Gasteiger partial charge is 0.257 e. The van der Waals surface area contributed by atoms with E-state index < -0.39 is 0 Å². The second-order valence-corrected chi connectivity index (χ2v) is 5.57. The van der Waals surface area contributed by atoms with E-state index in [0.717, 1.165) is 17.1 Å². The molecule has 1 aromatic carbocycles. The third-order valence-electron chi connectivity index (χ3n) is 3.59. The second kappa shape index (κ2) is 6.91. The van der Waals surface area contributed by atoms with Crippen molar-refractivity contribution in [1.82, 2.24) is 9.97 Å². The maximum absolute atomic E-state index is 12.1. The van der Waals surface area contributed by atoms with Gasteiger partial charge in [-0.2, -0.15) is 0 Å². The quantitative estimate of drug-likeness (QED) is 0.760. The number of hydrogen-bond donors (Lipinski definition) is 2. The summed E-state index contributed by atoms with van der Waals surface area (Å²) < 4.78 is 0. The largest absolute Gasteiger partial charge is 0.340 e. The number of aryl methyl sites for hydroxylation is 2. The van der Waals surface area contributed by atoms with Crippen LogP contribution in [0.4, 0.5) is 17.2 Å². The summed E-state index contributed by atoms with van der Waals surface area (Å²) in [5, 5.41) is 6.08. The molecule has 0 spiro atoms. The molecule has 0 aliphatic rings. The van der Waals surface area contributed by atoms with Crippen molar-refractivity contribution in [2.24, 2.45) is 0 Å². The molecule has 2 N–H and O–H groups in total. The Hall–Kier alpha value is -3.21. The molecule has 0 atom stereocenters. The number of nitrogens with one attached hydrogen (secondary N) is 2. The Morgan fingerprint density at radius 3 is 2.58 bits per heavy atom. The third kappa shape index (κ3) is 3.76. The summed E-state index contributed by atoms with van der Waals surface area (Å²) in [4.78, 5) is 20.4. The lowest BCUT2D eigenvalue weighted by molar-refractivity contribution is 0.102. The predicted molar refractivity (Wildman–Crippen MR) is 95.6 cm³/mol. The lowest BCUT2D eigenvalue weighted by Gasteiger charge is -2.10. The molecular formula is C19H18N4O. The summed E-state index contributed by atoms with van der Waals surface area (Å²) in [6.45, 7) is 4.12. The number of hydrogen-bond acceptors (Lipinski definition) is 4. The molecule has 3 rings (SSSR count). The van der Waals surface area contributed by atoms with Crippen molar-refractivity contribution >= 4 is 23.1 Å². The summed E-state index contributed by atoms with van der Waals surface area (Å²) in [6, 6.07) is 13.3. The molecule has 2 aromatic heterocycles. The first-order valence-corrected chi connectivity index (χ1v) is 7.63. The number of rotatable bonds is 4. The molecule has 0 fully saturated rings. The SMILES string of the molecule is Cc1ccc(Nc2ccc(NC(=O)c3cccnc3)cn2)c(C)c1. The Bertz CT molecular complexity index is 845. The molecule has 1 amide bonds. The summed E-state index contributed by atoms with van der Waals surface area (Å²) in [6.07, 6.45) is 4.78. The zero-order valence-corrected chi connectivity index (χ0v) is 13.6. The minimum Gasteiger partial charge on any atom is -0.340 e. The molecular weight excluding hydrogens is 300 g/mol. The van der Waals surface area contributed by atoms with Gasteiger partial charge >= 0.3 is 0 Å². The van der Waals surface area contributed by atoms with Crippen LogP contribution in [0.15, 0.2) is 61.1 Å². The Morgan fingerprint density at radius 2 is 1.92 bits per heavy atom. The van der Waals surface area contributed by atoms with Gasteiger partial charge in [-0.1, -0.05) is 17.7 Å². The highest BCUT2D eigenvalue weighted by molar-refractivity contribution is 6.03. The number of anilines is 3. The van der Waals surface area contributed by atoms with Gasteiger partial charge in [-0.15, -0.1) is 0 Å². The van der Waals surface area contributed by atoms with Gasteiger partial charge in [0.1, 0.15) is 5.82 Å². The molecule has 2 heterocycles. The summed E-state index contributed by atoms with van der Waals surface area (Å²) >= 11 is 0. The first-order chi connectivity index (χ1) is 11.6. The lowest BCUT2D eigenvalue weighted by Crippen LogP contribution is -2.12. The molecule has 5 heteroatoms. The zero-order valence-electron chi connectivity index (χ0n) is 13.6. The fourth-order valence-electron chi connectivity index (χ4n) is 2.33. The van der Waals surface area contributed by atoms with E-state index in [1.54, 1.807) is 24.5 Å². The van der Waals surface area contributed by atoms with E-state index in [2.05, 4.69) is 46.6 Å². The lowest BCUT2D eigenvalue weighted by atomic mass is 10.1. The van der Waals surface area contributed by atoms with Gasteiger partial charge in [-0.3, -0.25) is 9.78 Å². The first-order valence-electron chi connectivity index (χ1n) is 7.63. The van der Waals surface area contributed by atoms with Crippen LogP contribution in [-0.4, -0.2) is 15.9 Å². The zero-order chi connectivity index (χ0) is 16.9. The fourth-order valence-corrected chi connectivity index (χ4v) is 2.33. The number of amides is 1. The number of aromatic nitrogens is 2. The van der Waals surface area contributed by atoms with Crippen molar-refractivity contribution in [1.29, 1.82) is 0 Å². The van der Waals surface area contributed by atoms with Crippen molar-refractivity contribution in [3.63, 3.8) is 0 Å². The van der Waals surface area contributed by atoms with Gasteiger partial charge in [0.05, 0.1) is 17.4 Å². The average Bonchev–Trinajstić information content (AvgIpc) is 2.60. The van der Waals surface area contributed by atoms with Gasteiger partial charge in [0, 0.05) is 18.1 Å². The number of pyridine rings is 2. The van der Waals surface area contributed by atoms with Crippen molar-refractivity contribution in [2.45, 2.75) is 13.8 Å². The van der Waals surface area contributed by atoms with Crippen LogP contribution in [0.2, 0.25) is 0 Å². The Morgan fingerprint density at radius 1 is 1.04 bits per heavy atom. The monoisotopic (exact) mass is 318 g/mol. The van der Waals surface area contributed by atoms with E-state index >= 15 is 0 Å². The molecule has 0 aliphatic heterocycles. The predicted octanol–water partition coefficient (Wildman–Crippen LogP) is 4.09. The minimum absolute atomic E-state index is 0.208. The van der Waals surface area contributed by atoms with Crippen LogP contribution in [-0.2, 0) is 0 Å². The maximum atomic E-state index is 12.1. The van der Waals surface area contributed by atoms with Gasteiger partial charge in [-0.25, -0.2) is 4.98 Å². The summed E-state index contributed by atoms with van der Waals surface area (Å²) in [5.74, 6) is 0.515. The number of benzene rings is 1. The number of nitrogens with zero attached hydrogens (tertiary/aromatic N) is 2. The molecule has 0 radical (unpaired) electrons. The minimum atomic E-state index is -0.208. The van der Waals surface area contributed by atoms with Crippen molar-refractivity contribution < 1.29 is 4.79 Å². The Labute approximate surface area is 140 Å². The standard InChI is InChI=1S/C19H18N4O/c1-13-5-7-17(14(2)10-13)23-18-8-6-16(12-21-18)22-19(24)15-4-3-9-20-11-15/h3-12H,1-2H3,(H,21,23)(H,22,24). The first kappa shape index (κ1) is 15.7. The molecule has 120 valence electrons. The number of carbonyl (C=O) groups is 1. The molecule has 24 heavy (non-hydrogen) atoms. The molecule has 5 nitrogen and oxygen atoms in total. The second-order valence-electron chi connectivity index (χ2n) is 5.57. The van der Waals surface area contributed by atoms with Crippen molar-refractivity contribution in [3.8, 4) is 0 Å². The molecule has 0 bridgehead atoms. The van der Waals surface area contributed by atoms with Crippen LogP contribution in [0.25, 0.3) is 0 Å². The van der Waals surface area contributed by atoms with Gasteiger partial charge in [0.25, 0.3) is 5.91 Å². The van der Waals surface area contributed by atoms with Gasteiger partial charge in [0.2, 0.25) is 0 Å². The van der Waals surface area contributed by atoms with E-state index in [4.69, 9.17) is 0 Å². The fraction of sp³-hybridized carbons (Fsp3) is 0.105. The molecule has 0 saturated heterocycles. The van der Waals surface area contributed by atoms with Crippen LogP contribution < -0.4 is 10.6 Å². The highest BCUT2D eigenvalue weighted by Gasteiger charge is 2.06. The van der Waals surface area contributed by atoms with Crippen molar-refractivity contribution in [3.05, 3.63) is 77.7 Å². The van der Waals surface area contributed by atoms with Gasteiger partial charge in [-0.05, 0) is 49.7 Å². The highest BCUT2D eigenvalue weighted by atomic mass is 16.1. The molecule has 0 unspecified atom stereocenters. The molecule has 0 saturated carbocycles. The van der Waals surface area contributed by atoms with E-state index in [0.29, 0.717) is 11.3 Å². The van der Waals surface area contributed by atoms with Gasteiger partial charge < -0.3 is 10.6 Å².